The van der Waals surface area contributed by atoms with Crippen molar-refractivity contribution >= 4 is 5.96 Å². The molecule has 2 aromatic rings. The Morgan fingerprint density at radius 2 is 2.08 bits per heavy atom. The molecule has 0 atom stereocenters. The Kier molecular flexibility index (Phi) is 7.07. The Morgan fingerprint density at radius 3 is 2.85 bits per heavy atom. The quantitative estimate of drug-likeness (QED) is 0.391. The lowest BCUT2D eigenvalue weighted by atomic mass is 10.3. The van der Waals surface area contributed by atoms with Gasteiger partial charge in [0.2, 0.25) is 0 Å². The van der Waals surface area contributed by atoms with Crippen LogP contribution in [0.5, 0.6) is 0 Å². The highest BCUT2D eigenvalue weighted by atomic mass is 16.5. The third kappa shape index (κ3) is 6.19. The molecule has 1 aromatic heterocycles. The third-order valence-electron chi connectivity index (χ3n) is 4.22. The first-order valence-corrected chi connectivity index (χ1v) is 9.55. The zero-order valence-corrected chi connectivity index (χ0v) is 15.5. The summed E-state index contributed by atoms with van der Waals surface area (Å²) in [5.74, 6) is 1.65. The first-order chi connectivity index (χ1) is 12.8. The smallest absolute Gasteiger partial charge is 0.191 e. The average Bonchev–Trinajstić information content (AvgIpc) is 3.38. The zero-order valence-electron chi connectivity index (χ0n) is 15.5. The first-order valence-electron chi connectivity index (χ1n) is 9.55. The molecule has 0 spiro atoms. The minimum atomic E-state index is 0.549. The van der Waals surface area contributed by atoms with Gasteiger partial charge in [0.25, 0.3) is 0 Å². The minimum Gasteiger partial charge on any atom is -0.381 e. The zero-order chi connectivity index (χ0) is 18.0. The van der Waals surface area contributed by atoms with Gasteiger partial charge in [-0.05, 0) is 50.3 Å². The van der Waals surface area contributed by atoms with E-state index in [0.717, 1.165) is 56.0 Å². The molecule has 2 N–H and O–H groups in total. The molecule has 26 heavy (non-hydrogen) atoms. The molecule has 1 heterocycles. The number of hydrogen-bond donors (Lipinski definition) is 2. The predicted molar refractivity (Wildman–Crippen MR) is 105 cm³/mol. The molecule has 6 heteroatoms. The van der Waals surface area contributed by atoms with Gasteiger partial charge in [-0.1, -0.05) is 18.2 Å². The molecule has 6 nitrogen and oxygen atoms in total. The number of ether oxygens (including phenoxy) is 1. The van der Waals surface area contributed by atoms with Crippen molar-refractivity contribution in [3.63, 3.8) is 0 Å². The summed E-state index contributed by atoms with van der Waals surface area (Å²) in [4.78, 5) is 4.62. The van der Waals surface area contributed by atoms with E-state index in [1.165, 1.54) is 12.8 Å². The van der Waals surface area contributed by atoms with Crippen molar-refractivity contribution in [3.05, 3.63) is 48.3 Å². The third-order valence-corrected chi connectivity index (χ3v) is 4.22. The minimum absolute atomic E-state index is 0.549. The number of aromatic nitrogens is 2. The fourth-order valence-electron chi connectivity index (χ4n) is 2.59. The summed E-state index contributed by atoms with van der Waals surface area (Å²) in [6.45, 7) is 6.05. The van der Waals surface area contributed by atoms with E-state index in [-0.39, 0.29) is 0 Å². The molecule has 3 rings (SSSR count). The van der Waals surface area contributed by atoms with Crippen molar-refractivity contribution in [2.45, 2.75) is 32.7 Å². The topological polar surface area (TPSA) is 63.5 Å². The van der Waals surface area contributed by atoms with Crippen LogP contribution in [-0.2, 0) is 11.3 Å². The fraction of sp³-hybridized carbons (Fsp3) is 0.500. The summed E-state index contributed by atoms with van der Waals surface area (Å²) in [6.07, 6.45) is 5.64. The van der Waals surface area contributed by atoms with Gasteiger partial charge in [0.15, 0.2) is 5.96 Å². The molecule has 0 saturated heterocycles. The number of aliphatic imine (C=N–C) groups is 1. The molecular weight excluding hydrogens is 326 g/mol. The first kappa shape index (κ1) is 18.5. The monoisotopic (exact) mass is 355 g/mol. The van der Waals surface area contributed by atoms with Crippen LogP contribution < -0.4 is 10.6 Å². The molecular formula is C20H29N5O. The van der Waals surface area contributed by atoms with E-state index >= 15 is 0 Å². The van der Waals surface area contributed by atoms with E-state index in [1.54, 1.807) is 0 Å². The van der Waals surface area contributed by atoms with Crippen LogP contribution in [0.2, 0.25) is 0 Å². The van der Waals surface area contributed by atoms with Gasteiger partial charge in [-0.25, -0.2) is 9.67 Å². The van der Waals surface area contributed by atoms with E-state index < -0.39 is 0 Å². The molecule has 0 radical (unpaired) electrons. The Balaban J connectivity index is 1.43. The maximum absolute atomic E-state index is 5.66. The van der Waals surface area contributed by atoms with Gasteiger partial charge in [0, 0.05) is 32.5 Å². The van der Waals surface area contributed by atoms with E-state index in [4.69, 9.17) is 4.74 Å². The van der Waals surface area contributed by atoms with Gasteiger partial charge >= 0.3 is 0 Å². The second-order valence-electron chi connectivity index (χ2n) is 6.58. The Morgan fingerprint density at radius 1 is 1.23 bits per heavy atom. The van der Waals surface area contributed by atoms with E-state index in [1.807, 2.05) is 47.3 Å². The van der Waals surface area contributed by atoms with E-state index in [9.17, 15) is 0 Å². The van der Waals surface area contributed by atoms with Gasteiger partial charge in [-0.2, -0.15) is 5.10 Å². The maximum Gasteiger partial charge on any atom is 0.191 e. The van der Waals surface area contributed by atoms with Crippen LogP contribution >= 0.6 is 0 Å². The van der Waals surface area contributed by atoms with Gasteiger partial charge in [-0.15, -0.1) is 0 Å². The van der Waals surface area contributed by atoms with Crippen LogP contribution in [0.3, 0.4) is 0 Å². The normalized spacial score (nSPS) is 14.4. The number of rotatable bonds is 10. The molecule has 140 valence electrons. The van der Waals surface area contributed by atoms with Gasteiger partial charge in [-0.3, -0.25) is 0 Å². The average molecular weight is 355 g/mol. The Labute approximate surface area is 155 Å². The molecule has 1 aliphatic rings. The summed E-state index contributed by atoms with van der Waals surface area (Å²) >= 11 is 0. The van der Waals surface area contributed by atoms with Crippen LogP contribution in [0.1, 0.15) is 31.9 Å². The molecule has 0 bridgehead atoms. The van der Waals surface area contributed by atoms with Crippen molar-refractivity contribution in [2.24, 2.45) is 10.9 Å². The van der Waals surface area contributed by atoms with E-state index in [2.05, 4.69) is 27.6 Å². The molecule has 0 aliphatic heterocycles. The maximum atomic E-state index is 5.66. The lowest BCUT2D eigenvalue weighted by Gasteiger charge is -2.11. The molecule has 1 saturated carbocycles. The standard InChI is InChI=1S/C20H29N5O/c1-2-21-20(22-12-6-14-26-16-17-9-10-17)23-15-18-11-13-25(24-18)19-7-4-3-5-8-19/h3-5,7-8,11,13,17H,2,6,9-10,12,14-16H2,1H3,(H2,21,22,23). The summed E-state index contributed by atoms with van der Waals surface area (Å²) in [5, 5.41) is 11.2. The number of nitrogens with zero attached hydrogens (tertiary/aromatic N) is 3. The Bertz CT molecular complexity index is 679. The van der Waals surface area contributed by atoms with Gasteiger partial charge in [0.1, 0.15) is 0 Å². The largest absolute Gasteiger partial charge is 0.381 e. The number of benzene rings is 1. The number of guanidine groups is 1. The van der Waals surface area contributed by atoms with Crippen LogP contribution in [0.25, 0.3) is 5.69 Å². The lowest BCUT2D eigenvalue weighted by Crippen LogP contribution is -2.38. The van der Waals surface area contributed by atoms with E-state index in [0.29, 0.717) is 6.54 Å². The summed E-state index contributed by atoms with van der Waals surface area (Å²) < 4.78 is 7.54. The Hall–Kier alpha value is -2.34. The van der Waals surface area contributed by atoms with Crippen molar-refractivity contribution in [1.29, 1.82) is 0 Å². The number of para-hydroxylation sites is 1. The predicted octanol–water partition coefficient (Wildman–Crippen LogP) is 2.74. The second kappa shape index (κ2) is 9.97. The van der Waals surface area contributed by atoms with Crippen molar-refractivity contribution in [1.82, 2.24) is 20.4 Å². The summed E-state index contributed by atoms with van der Waals surface area (Å²) in [5.41, 5.74) is 2.00. The summed E-state index contributed by atoms with van der Waals surface area (Å²) in [7, 11) is 0. The van der Waals surface area contributed by atoms with Crippen molar-refractivity contribution < 1.29 is 4.74 Å². The van der Waals surface area contributed by atoms with Gasteiger partial charge < -0.3 is 15.4 Å². The lowest BCUT2D eigenvalue weighted by molar-refractivity contribution is 0.123. The van der Waals surface area contributed by atoms with Crippen molar-refractivity contribution in [3.8, 4) is 5.69 Å². The highest BCUT2D eigenvalue weighted by molar-refractivity contribution is 5.79. The molecule has 0 amide bonds. The highest BCUT2D eigenvalue weighted by Gasteiger charge is 2.20. The number of nitrogens with one attached hydrogen (secondary N) is 2. The summed E-state index contributed by atoms with van der Waals surface area (Å²) in [6, 6.07) is 12.1. The number of hydrogen-bond acceptors (Lipinski definition) is 3. The highest BCUT2D eigenvalue weighted by Crippen LogP contribution is 2.28. The molecule has 0 unspecified atom stereocenters. The van der Waals surface area contributed by atoms with Crippen molar-refractivity contribution in [2.75, 3.05) is 26.3 Å². The molecule has 1 fully saturated rings. The second-order valence-corrected chi connectivity index (χ2v) is 6.58. The van der Waals surface area contributed by atoms with Gasteiger partial charge in [0.05, 0.1) is 17.9 Å². The van der Waals surface area contributed by atoms with Crippen LogP contribution in [0.15, 0.2) is 47.6 Å². The molecule has 1 aliphatic carbocycles. The van der Waals surface area contributed by atoms with Crippen LogP contribution in [-0.4, -0.2) is 42.0 Å². The fourth-order valence-corrected chi connectivity index (χ4v) is 2.59. The van der Waals surface area contributed by atoms with Crippen LogP contribution in [0.4, 0.5) is 0 Å². The molecule has 1 aromatic carbocycles. The SMILES string of the molecule is CCNC(=NCc1ccn(-c2ccccc2)n1)NCCCOCC1CC1. The van der Waals surface area contributed by atoms with Crippen LogP contribution in [0, 0.1) is 5.92 Å².